The van der Waals surface area contributed by atoms with Crippen molar-refractivity contribution in [1.82, 2.24) is 9.97 Å². The summed E-state index contributed by atoms with van der Waals surface area (Å²) in [5.74, 6) is 3.40. The van der Waals surface area contributed by atoms with Crippen molar-refractivity contribution in [1.29, 1.82) is 0 Å². The molecule has 2 rings (SSSR count). The first-order valence-electron chi connectivity index (χ1n) is 7.40. The van der Waals surface area contributed by atoms with Crippen LogP contribution >= 0.6 is 15.9 Å². The molecule has 1 heterocycles. The summed E-state index contributed by atoms with van der Waals surface area (Å²) in [7, 11) is 0. The van der Waals surface area contributed by atoms with E-state index in [2.05, 4.69) is 52.0 Å². The van der Waals surface area contributed by atoms with Gasteiger partial charge in [0, 0.05) is 18.5 Å². The minimum atomic E-state index is 0.542. The number of rotatable bonds is 4. The topological polar surface area (TPSA) is 37.8 Å². The van der Waals surface area contributed by atoms with Crippen LogP contribution in [0.15, 0.2) is 10.7 Å². The standard InChI is InChI=1S/C15H24BrN3/c1-4-6-14-18-13(16)9-15(19-14)17-12-8-5-7-10(2)11(12)3/h9-12H,4-8H2,1-3H3,(H,17,18,19). The summed E-state index contributed by atoms with van der Waals surface area (Å²) in [4.78, 5) is 9.04. The third-order valence-corrected chi connectivity index (χ3v) is 4.66. The van der Waals surface area contributed by atoms with Gasteiger partial charge < -0.3 is 5.32 Å². The van der Waals surface area contributed by atoms with Gasteiger partial charge in [0.2, 0.25) is 0 Å². The molecule has 0 bridgehead atoms. The molecular weight excluding hydrogens is 302 g/mol. The van der Waals surface area contributed by atoms with E-state index < -0.39 is 0 Å². The molecule has 0 aromatic carbocycles. The first-order valence-corrected chi connectivity index (χ1v) is 8.19. The summed E-state index contributed by atoms with van der Waals surface area (Å²) in [5.41, 5.74) is 0. The molecule has 0 spiro atoms. The van der Waals surface area contributed by atoms with Crippen molar-refractivity contribution in [2.75, 3.05) is 5.32 Å². The van der Waals surface area contributed by atoms with Gasteiger partial charge in [-0.25, -0.2) is 9.97 Å². The highest BCUT2D eigenvalue weighted by molar-refractivity contribution is 9.10. The van der Waals surface area contributed by atoms with Gasteiger partial charge in [-0.3, -0.25) is 0 Å². The van der Waals surface area contributed by atoms with E-state index in [0.717, 1.165) is 35.0 Å². The fraction of sp³-hybridized carbons (Fsp3) is 0.733. The highest BCUT2D eigenvalue weighted by Crippen LogP contribution is 2.31. The number of nitrogens with one attached hydrogen (secondary N) is 1. The van der Waals surface area contributed by atoms with Crippen LogP contribution in [0.5, 0.6) is 0 Å². The maximum Gasteiger partial charge on any atom is 0.132 e. The molecule has 0 amide bonds. The Balaban J connectivity index is 2.09. The highest BCUT2D eigenvalue weighted by Gasteiger charge is 2.27. The largest absolute Gasteiger partial charge is 0.367 e. The molecule has 106 valence electrons. The monoisotopic (exact) mass is 325 g/mol. The molecule has 4 heteroatoms. The van der Waals surface area contributed by atoms with E-state index in [1.165, 1.54) is 19.3 Å². The lowest BCUT2D eigenvalue weighted by Gasteiger charge is -2.35. The molecule has 1 aromatic rings. The summed E-state index contributed by atoms with van der Waals surface area (Å²) in [6, 6.07) is 2.53. The van der Waals surface area contributed by atoms with E-state index in [-0.39, 0.29) is 0 Å². The lowest BCUT2D eigenvalue weighted by molar-refractivity contribution is 0.253. The Bertz CT molecular complexity index is 422. The van der Waals surface area contributed by atoms with Crippen LogP contribution in [0.4, 0.5) is 5.82 Å². The van der Waals surface area contributed by atoms with E-state index in [9.17, 15) is 0 Å². The minimum absolute atomic E-state index is 0.542. The number of nitrogens with zero attached hydrogens (tertiary/aromatic N) is 2. The van der Waals surface area contributed by atoms with Crippen molar-refractivity contribution < 1.29 is 0 Å². The number of anilines is 1. The Hall–Kier alpha value is -0.640. The van der Waals surface area contributed by atoms with Crippen LogP contribution < -0.4 is 5.32 Å². The van der Waals surface area contributed by atoms with Gasteiger partial charge in [-0.1, -0.05) is 33.6 Å². The molecule has 0 aliphatic heterocycles. The number of hydrogen-bond donors (Lipinski definition) is 1. The fourth-order valence-corrected chi connectivity index (χ4v) is 3.27. The Morgan fingerprint density at radius 3 is 2.84 bits per heavy atom. The van der Waals surface area contributed by atoms with Crippen LogP contribution in [-0.4, -0.2) is 16.0 Å². The van der Waals surface area contributed by atoms with E-state index in [4.69, 9.17) is 0 Å². The Kier molecular flexibility index (Phi) is 5.20. The average molecular weight is 326 g/mol. The van der Waals surface area contributed by atoms with Crippen LogP contribution in [0.2, 0.25) is 0 Å². The second kappa shape index (κ2) is 6.69. The Morgan fingerprint density at radius 2 is 2.11 bits per heavy atom. The van der Waals surface area contributed by atoms with E-state index in [0.29, 0.717) is 12.0 Å². The first kappa shape index (κ1) is 14.8. The third kappa shape index (κ3) is 3.91. The second-order valence-corrected chi connectivity index (χ2v) is 6.57. The lowest BCUT2D eigenvalue weighted by Crippen LogP contribution is -2.35. The molecule has 3 nitrogen and oxygen atoms in total. The molecule has 1 aliphatic rings. The van der Waals surface area contributed by atoms with Crippen molar-refractivity contribution in [3.63, 3.8) is 0 Å². The van der Waals surface area contributed by atoms with Gasteiger partial charge in [0.25, 0.3) is 0 Å². The van der Waals surface area contributed by atoms with Gasteiger partial charge in [-0.15, -0.1) is 0 Å². The third-order valence-electron chi connectivity index (χ3n) is 4.25. The van der Waals surface area contributed by atoms with Crippen LogP contribution in [0, 0.1) is 11.8 Å². The van der Waals surface area contributed by atoms with Crippen LogP contribution in [0.25, 0.3) is 0 Å². The summed E-state index contributed by atoms with van der Waals surface area (Å²) < 4.78 is 0.880. The van der Waals surface area contributed by atoms with Crippen molar-refractivity contribution >= 4 is 21.7 Å². The quantitative estimate of drug-likeness (QED) is 0.832. The summed E-state index contributed by atoms with van der Waals surface area (Å²) >= 11 is 3.48. The van der Waals surface area contributed by atoms with Gasteiger partial charge in [-0.2, -0.15) is 0 Å². The van der Waals surface area contributed by atoms with Gasteiger partial charge in [0.1, 0.15) is 16.2 Å². The number of halogens is 1. The predicted molar refractivity (Wildman–Crippen MR) is 83.3 cm³/mol. The predicted octanol–water partition coefficient (Wildman–Crippen LogP) is 4.43. The molecule has 1 fully saturated rings. The molecule has 3 unspecified atom stereocenters. The smallest absolute Gasteiger partial charge is 0.132 e. The zero-order valence-electron chi connectivity index (χ0n) is 12.1. The molecule has 1 N–H and O–H groups in total. The molecule has 1 aromatic heterocycles. The van der Waals surface area contributed by atoms with Gasteiger partial charge in [0.15, 0.2) is 0 Å². The molecular formula is C15H24BrN3. The molecule has 1 saturated carbocycles. The maximum absolute atomic E-state index is 4.62. The van der Waals surface area contributed by atoms with E-state index >= 15 is 0 Å². The molecule has 19 heavy (non-hydrogen) atoms. The zero-order chi connectivity index (χ0) is 13.8. The van der Waals surface area contributed by atoms with E-state index in [1.54, 1.807) is 0 Å². The maximum atomic E-state index is 4.62. The SMILES string of the molecule is CCCc1nc(Br)cc(NC2CCCC(C)C2C)n1. The minimum Gasteiger partial charge on any atom is -0.367 e. The second-order valence-electron chi connectivity index (χ2n) is 5.76. The molecule has 0 radical (unpaired) electrons. The van der Waals surface area contributed by atoms with Crippen molar-refractivity contribution in [2.24, 2.45) is 11.8 Å². The number of hydrogen-bond acceptors (Lipinski definition) is 3. The lowest BCUT2D eigenvalue weighted by atomic mass is 9.78. The number of aromatic nitrogens is 2. The summed E-state index contributed by atoms with van der Waals surface area (Å²) in [6.07, 6.45) is 5.93. The van der Waals surface area contributed by atoms with Gasteiger partial charge >= 0.3 is 0 Å². The normalized spacial score (nSPS) is 27.3. The van der Waals surface area contributed by atoms with Gasteiger partial charge in [-0.05, 0) is 40.6 Å². The number of aryl methyl sites for hydroxylation is 1. The molecule has 3 atom stereocenters. The average Bonchev–Trinajstić information content (AvgIpc) is 2.35. The Morgan fingerprint density at radius 1 is 1.32 bits per heavy atom. The van der Waals surface area contributed by atoms with Gasteiger partial charge in [0.05, 0.1) is 0 Å². The van der Waals surface area contributed by atoms with Crippen molar-refractivity contribution in [2.45, 2.75) is 58.9 Å². The molecule has 1 aliphatic carbocycles. The molecule has 0 saturated heterocycles. The Labute approximate surface area is 124 Å². The zero-order valence-corrected chi connectivity index (χ0v) is 13.7. The van der Waals surface area contributed by atoms with E-state index in [1.807, 2.05) is 6.07 Å². The van der Waals surface area contributed by atoms with Crippen LogP contribution in [0.1, 0.15) is 52.3 Å². The van der Waals surface area contributed by atoms with Crippen molar-refractivity contribution in [3.8, 4) is 0 Å². The highest BCUT2D eigenvalue weighted by atomic mass is 79.9. The fourth-order valence-electron chi connectivity index (χ4n) is 2.85. The van der Waals surface area contributed by atoms with Crippen LogP contribution in [0.3, 0.4) is 0 Å². The summed E-state index contributed by atoms with van der Waals surface area (Å²) in [6.45, 7) is 6.86. The first-order chi connectivity index (χ1) is 9.10. The van der Waals surface area contributed by atoms with Crippen LogP contribution in [-0.2, 0) is 6.42 Å². The summed E-state index contributed by atoms with van der Waals surface area (Å²) in [5, 5.41) is 3.62. The van der Waals surface area contributed by atoms with Crippen molar-refractivity contribution in [3.05, 3.63) is 16.5 Å².